The molecule has 2 N–H and O–H groups in total. The number of benzene rings is 2. The summed E-state index contributed by atoms with van der Waals surface area (Å²) in [4.78, 5) is 6.84. The molecule has 1 heterocycles. The van der Waals surface area contributed by atoms with E-state index in [0.29, 0.717) is 0 Å². The van der Waals surface area contributed by atoms with Gasteiger partial charge in [0.2, 0.25) is 0 Å². The van der Waals surface area contributed by atoms with Crippen LogP contribution in [-0.2, 0) is 0 Å². The molecule has 0 saturated carbocycles. The molecule has 1 aromatic heterocycles. The topological polar surface area (TPSA) is 38.9 Å². The highest BCUT2D eigenvalue weighted by molar-refractivity contribution is 7.99. The maximum absolute atomic E-state index is 6.00. The highest BCUT2D eigenvalue weighted by Gasteiger charge is 2.08. The Balaban J connectivity index is 2.09. The third-order valence-electron chi connectivity index (χ3n) is 3.31. The quantitative estimate of drug-likeness (QED) is 0.698. The predicted octanol–water partition coefficient (Wildman–Crippen LogP) is 4.59. The number of hydrogen-bond donors (Lipinski definition) is 1. The van der Waals surface area contributed by atoms with Gasteiger partial charge < -0.3 is 5.73 Å². The van der Waals surface area contributed by atoms with Crippen LogP contribution in [0.5, 0.6) is 0 Å². The first-order valence-electron chi connectivity index (χ1n) is 6.53. The lowest BCUT2D eigenvalue weighted by atomic mass is 10.2. The van der Waals surface area contributed by atoms with Crippen molar-refractivity contribution in [3.63, 3.8) is 0 Å². The van der Waals surface area contributed by atoms with E-state index >= 15 is 0 Å². The standard InChI is InChI=1S/C17H16N2S/c1-11-5-7-15(12(2)10-11)20-16-8-6-14(18)17-13(16)4-3-9-19-17/h3-10H,18H2,1-2H3. The molecule has 0 aliphatic rings. The first-order chi connectivity index (χ1) is 9.65. The number of hydrogen-bond acceptors (Lipinski definition) is 3. The van der Waals surface area contributed by atoms with Gasteiger partial charge in [0.05, 0.1) is 11.2 Å². The summed E-state index contributed by atoms with van der Waals surface area (Å²) in [5.74, 6) is 0. The summed E-state index contributed by atoms with van der Waals surface area (Å²) < 4.78 is 0. The van der Waals surface area contributed by atoms with Gasteiger partial charge in [-0.05, 0) is 43.7 Å². The molecule has 0 spiro atoms. The van der Waals surface area contributed by atoms with Gasteiger partial charge in [-0.3, -0.25) is 4.98 Å². The zero-order chi connectivity index (χ0) is 14.1. The van der Waals surface area contributed by atoms with E-state index < -0.39 is 0 Å². The number of fused-ring (bicyclic) bond motifs is 1. The monoisotopic (exact) mass is 280 g/mol. The van der Waals surface area contributed by atoms with Crippen molar-refractivity contribution in [3.05, 3.63) is 59.8 Å². The van der Waals surface area contributed by atoms with Gasteiger partial charge in [0.15, 0.2) is 0 Å². The van der Waals surface area contributed by atoms with Crippen LogP contribution < -0.4 is 5.73 Å². The lowest BCUT2D eigenvalue weighted by Crippen LogP contribution is -1.91. The molecule has 2 aromatic carbocycles. The second kappa shape index (κ2) is 5.17. The molecule has 0 fully saturated rings. The Morgan fingerprint density at radius 1 is 1.00 bits per heavy atom. The van der Waals surface area contributed by atoms with E-state index in [1.165, 1.54) is 20.9 Å². The van der Waals surface area contributed by atoms with Crippen molar-refractivity contribution >= 4 is 28.4 Å². The summed E-state index contributed by atoms with van der Waals surface area (Å²) >= 11 is 1.77. The number of nitrogens with two attached hydrogens (primary N) is 1. The molecule has 100 valence electrons. The van der Waals surface area contributed by atoms with Crippen molar-refractivity contribution in [3.8, 4) is 0 Å². The van der Waals surface area contributed by atoms with Crippen LogP contribution in [0.15, 0.2) is 58.5 Å². The number of aryl methyl sites for hydroxylation is 2. The maximum atomic E-state index is 6.00. The number of rotatable bonds is 2. The van der Waals surface area contributed by atoms with Crippen LogP contribution in [-0.4, -0.2) is 4.98 Å². The Labute approximate surface area is 123 Å². The van der Waals surface area contributed by atoms with Crippen molar-refractivity contribution in [1.29, 1.82) is 0 Å². The number of nitrogen functional groups attached to an aromatic ring is 1. The zero-order valence-corrected chi connectivity index (χ0v) is 12.4. The van der Waals surface area contributed by atoms with Crippen LogP contribution >= 0.6 is 11.8 Å². The van der Waals surface area contributed by atoms with E-state index in [2.05, 4.69) is 49.2 Å². The van der Waals surface area contributed by atoms with Gasteiger partial charge >= 0.3 is 0 Å². The molecule has 2 nitrogen and oxygen atoms in total. The molecule has 0 aliphatic heterocycles. The second-order valence-electron chi connectivity index (χ2n) is 4.92. The third-order valence-corrected chi connectivity index (χ3v) is 4.57. The van der Waals surface area contributed by atoms with Crippen LogP contribution in [0, 0.1) is 13.8 Å². The van der Waals surface area contributed by atoms with Crippen molar-refractivity contribution in [2.75, 3.05) is 5.73 Å². The normalized spacial score (nSPS) is 10.9. The number of anilines is 1. The molecule has 3 aromatic rings. The summed E-state index contributed by atoms with van der Waals surface area (Å²) in [6.45, 7) is 4.26. The van der Waals surface area contributed by atoms with E-state index in [1.54, 1.807) is 18.0 Å². The number of pyridine rings is 1. The van der Waals surface area contributed by atoms with Gasteiger partial charge in [0.1, 0.15) is 0 Å². The van der Waals surface area contributed by atoms with Gasteiger partial charge in [0.25, 0.3) is 0 Å². The molecule has 20 heavy (non-hydrogen) atoms. The van der Waals surface area contributed by atoms with E-state index in [4.69, 9.17) is 5.73 Å². The Hall–Kier alpha value is -2.00. The fraction of sp³-hybridized carbons (Fsp3) is 0.118. The molecule has 0 saturated heterocycles. The van der Waals surface area contributed by atoms with Crippen molar-refractivity contribution in [1.82, 2.24) is 4.98 Å². The molecule has 0 atom stereocenters. The van der Waals surface area contributed by atoms with Gasteiger partial charge in [-0.25, -0.2) is 0 Å². The van der Waals surface area contributed by atoms with Crippen LogP contribution in [0.3, 0.4) is 0 Å². The number of aromatic nitrogens is 1. The summed E-state index contributed by atoms with van der Waals surface area (Å²) in [6, 6.07) is 14.6. The molecule has 0 unspecified atom stereocenters. The maximum Gasteiger partial charge on any atom is 0.0942 e. The van der Waals surface area contributed by atoms with Gasteiger partial charge in [-0.2, -0.15) is 0 Å². The summed E-state index contributed by atoms with van der Waals surface area (Å²) in [5.41, 5.74) is 10.2. The minimum atomic E-state index is 0.727. The molecule has 3 rings (SSSR count). The van der Waals surface area contributed by atoms with Gasteiger partial charge in [-0.15, -0.1) is 0 Å². The van der Waals surface area contributed by atoms with Crippen LogP contribution in [0.1, 0.15) is 11.1 Å². The molecular weight excluding hydrogens is 264 g/mol. The van der Waals surface area contributed by atoms with Crippen molar-refractivity contribution in [2.45, 2.75) is 23.6 Å². The highest BCUT2D eigenvalue weighted by Crippen LogP contribution is 2.36. The van der Waals surface area contributed by atoms with Crippen LogP contribution in [0.2, 0.25) is 0 Å². The Morgan fingerprint density at radius 2 is 1.80 bits per heavy atom. The Morgan fingerprint density at radius 3 is 2.60 bits per heavy atom. The first-order valence-corrected chi connectivity index (χ1v) is 7.35. The lowest BCUT2D eigenvalue weighted by molar-refractivity contribution is 1.26. The Kier molecular flexibility index (Phi) is 3.36. The predicted molar refractivity (Wildman–Crippen MR) is 86.2 cm³/mol. The fourth-order valence-corrected chi connectivity index (χ4v) is 3.29. The average molecular weight is 280 g/mol. The van der Waals surface area contributed by atoms with E-state index in [1.807, 2.05) is 12.1 Å². The van der Waals surface area contributed by atoms with Gasteiger partial charge in [0, 0.05) is 21.4 Å². The third kappa shape index (κ3) is 2.37. The average Bonchev–Trinajstić information content (AvgIpc) is 2.45. The fourth-order valence-electron chi connectivity index (χ4n) is 2.29. The first kappa shape index (κ1) is 13.0. The Bertz CT molecular complexity index is 781. The lowest BCUT2D eigenvalue weighted by Gasteiger charge is -2.10. The summed E-state index contributed by atoms with van der Waals surface area (Å²) in [7, 11) is 0. The summed E-state index contributed by atoms with van der Waals surface area (Å²) in [5, 5.41) is 1.11. The number of nitrogens with zero attached hydrogens (tertiary/aromatic N) is 1. The molecule has 0 amide bonds. The molecular formula is C17H16N2S. The summed E-state index contributed by atoms with van der Waals surface area (Å²) in [6.07, 6.45) is 1.78. The second-order valence-corrected chi connectivity index (χ2v) is 6.01. The minimum absolute atomic E-state index is 0.727. The minimum Gasteiger partial charge on any atom is -0.397 e. The molecule has 3 heteroatoms. The largest absolute Gasteiger partial charge is 0.397 e. The zero-order valence-electron chi connectivity index (χ0n) is 11.6. The van der Waals surface area contributed by atoms with Crippen molar-refractivity contribution < 1.29 is 0 Å². The molecule has 0 bridgehead atoms. The smallest absolute Gasteiger partial charge is 0.0942 e. The van der Waals surface area contributed by atoms with E-state index in [-0.39, 0.29) is 0 Å². The van der Waals surface area contributed by atoms with Gasteiger partial charge in [-0.1, -0.05) is 35.5 Å². The van der Waals surface area contributed by atoms with Crippen LogP contribution in [0.4, 0.5) is 5.69 Å². The SMILES string of the molecule is Cc1ccc(Sc2ccc(N)c3ncccc23)c(C)c1. The van der Waals surface area contributed by atoms with Crippen molar-refractivity contribution in [2.24, 2.45) is 0 Å². The van der Waals surface area contributed by atoms with E-state index in [9.17, 15) is 0 Å². The highest BCUT2D eigenvalue weighted by atomic mass is 32.2. The molecule has 0 radical (unpaired) electrons. The van der Waals surface area contributed by atoms with E-state index in [0.717, 1.165) is 16.6 Å². The van der Waals surface area contributed by atoms with Crippen LogP contribution in [0.25, 0.3) is 10.9 Å². The molecule has 0 aliphatic carbocycles.